The summed E-state index contributed by atoms with van der Waals surface area (Å²) >= 11 is 0. The van der Waals surface area contributed by atoms with E-state index in [-0.39, 0.29) is 25.0 Å². The molecule has 176 valence electrons. The summed E-state index contributed by atoms with van der Waals surface area (Å²) in [6, 6.07) is 9.95. The second-order valence-electron chi connectivity index (χ2n) is 9.02. The van der Waals surface area contributed by atoms with E-state index >= 15 is 0 Å². The zero-order valence-corrected chi connectivity index (χ0v) is 19.4. The molecule has 3 heterocycles. The Hall–Kier alpha value is -2.58. The van der Waals surface area contributed by atoms with Crippen LogP contribution in [0.5, 0.6) is 17.2 Å². The van der Waals surface area contributed by atoms with Crippen LogP contribution >= 0.6 is 0 Å². The highest BCUT2D eigenvalue weighted by molar-refractivity contribution is 5.66. The first-order valence-electron chi connectivity index (χ1n) is 11.4. The third kappa shape index (κ3) is 4.22. The van der Waals surface area contributed by atoms with Crippen molar-refractivity contribution in [3.8, 4) is 17.2 Å². The lowest BCUT2D eigenvalue weighted by molar-refractivity contribution is -0.288. The van der Waals surface area contributed by atoms with Crippen molar-refractivity contribution in [3.05, 3.63) is 65.2 Å². The third-order valence-corrected chi connectivity index (χ3v) is 6.25. The zero-order valence-electron chi connectivity index (χ0n) is 19.4. The molecule has 1 fully saturated rings. The maximum atomic E-state index is 6.43. The zero-order chi connectivity index (χ0) is 23.0. The molecule has 2 aromatic carbocycles. The average molecular weight is 454 g/mol. The summed E-state index contributed by atoms with van der Waals surface area (Å²) in [5.41, 5.74) is 3.98. The molecule has 33 heavy (non-hydrogen) atoms. The van der Waals surface area contributed by atoms with E-state index in [1.807, 2.05) is 39.0 Å². The topological polar surface area (TPSA) is 67.4 Å². The lowest BCUT2D eigenvalue weighted by Crippen LogP contribution is -2.54. The summed E-state index contributed by atoms with van der Waals surface area (Å²) in [5.74, 6) is 1.50. The van der Waals surface area contributed by atoms with Gasteiger partial charge >= 0.3 is 0 Å². The largest absolute Gasteiger partial charge is 0.489 e. The molecule has 0 amide bonds. The van der Waals surface area contributed by atoms with Crippen molar-refractivity contribution in [2.75, 3.05) is 26.6 Å². The highest BCUT2D eigenvalue weighted by Gasteiger charge is 2.47. The monoisotopic (exact) mass is 453 g/mol. The Morgan fingerprint density at radius 2 is 1.94 bits per heavy atom. The summed E-state index contributed by atoms with van der Waals surface area (Å²) in [7, 11) is 0. The van der Waals surface area contributed by atoms with Gasteiger partial charge in [-0.05, 0) is 26.3 Å². The Balaban J connectivity index is 1.55. The highest BCUT2D eigenvalue weighted by atomic mass is 16.7. The summed E-state index contributed by atoms with van der Waals surface area (Å²) in [4.78, 5) is 0. The van der Waals surface area contributed by atoms with Crippen molar-refractivity contribution < 1.29 is 28.4 Å². The minimum atomic E-state index is -0.712. The number of nitrogens with one attached hydrogen (secondary N) is 1. The minimum absolute atomic E-state index is 0.0540. The van der Waals surface area contributed by atoms with Crippen molar-refractivity contribution >= 4 is 0 Å². The first kappa shape index (κ1) is 22.2. The molecule has 7 heteroatoms. The summed E-state index contributed by atoms with van der Waals surface area (Å²) in [5, 5.41) is 3.68. The fourth-order valence-corrected chi connectivity index (χ4v) is 4.80. The van der Waals surface area contributed by atoms with Gasteiger partial charge in [-0.1, -0.05) is 43.0 Å². The van der Waals surface area contributed by atoms with Crippen LogP contribution in [0.3, 0.4) is 0 Å². The molecule has 0 spiro atoms. The smallest absolute Gasteiger partial charge is 0.231 e. The maximum Gasteiger partial charge on any atom is 0.231 e. The number of ether oxygens (including phenoxy) is 6. The molecule has 0 saturated carbocycles. The van der Waals surface area contributed by atoms with Crippen LogP contribution in [-0.2, 0) is 20.8 Å². The lowest BCUT2D eigenvalue weighted by atomic mass is 9.84. The molecule has 0 unspecified atom stereocenters. The normalized spacial score (nSPS) is 24.6. The Morgan fingerprint density at radius 1 is 1.15 bits per heavy atom. The van der Waals surface area contributed by atoms with Crippen molar-refractivity contribution in [1.29, 1.82) is 0 Å². The van der Waals surface area contributed by atoms with Gasteiger partial charge in [-0.2, -0.15) is 0 Å². The molecule has 3 aliphatic heterocycles. The van der Waals surface area contributed by atoms with E-state index in [2.05, 4.69) is 24.0 Å². The number of hydrogen-bond donors (Lipinski definition) is 1. The molecule has 1 N–H and O–H groups in total. The SMILES string of the molecule is C=CCOc1c(C)c2c(c3c1[C@@H]1OC(C)(C)OC[C@H]1N[C@H]3COCc1ccccc1)OCO2. The minimum Gasteiger partial charge on any atom is -0.489 e. The lowest BCUT2D eigenvalue weighted by Gasteiger charge is -2.47. The Kier molecular flexibility index (Phi) is 6.05. The van der Waals surface area contributed by atoms with E-state index in [0.29, 0.717) is 32.2 Å². The molecule has 2 aromatic rings. The Bertz CT molecular complexity index is 1020. The van der Waals surface area contributed by atoms with E-state index in [1.165, 1.54) is 0 Å². The number of benzene rings is 2. The van der Waals surface area contributed by atoms with Crippen LogP contribution in [0.4, 0.5) is 0 Å². The van der Waals surface area contributed by atoms with E-state index in [9.17, 15) is 0 Å². The van der Waals surface area contributed by atoms with Crippen LogP contribution in [0.25, 0.3) is 0 Å². The van der Waals surface area contributed by atoms with E-state index < -0.39 is 5.79 Å². The van der Waals surface area contributed by atoms with Gasteiger partial charge in [0, 0.05) is 16.7 Å². The van der Waals surface area contributed by atoms with Crippen molar-refractivity contribution in [2.24, 2.45) is 0 Å². The van der Waals surface area contributed by atoms with Gasteiger partial charge in [0.25, 0.3) is 0 Å². The Morgan fingerprint density at radius 3 is 2.73 bits per heavy atom. The van der Waals surface area contributed by atoms with Crippen molar-refractivity contribution in [2.45, 2.75) is 51.4 Å². The predicted octanol–water partition coefficient (Wildman–Crippen LogP) is 4.34. The number of hydrogen-bond acceptors (Lipinski definition) is 7. The fraction of sp³-hybridized carbons (Fsp3) is 0.462. The molecular weight excluding hydrogens is 422 g/mol. The van der Waals surface area contributed by atoms with Gasteiger partial charge in [0.05, 0.1) is 31.9 Å². The predicted molar refractivity (Wildman–Crippen MR) is 123 cm³/mol. The maximum absolute atomic E-state index is 6.43. The first-order valence-corrected chi connectivity index (χ1v) is 11.4. The van der Waals surface area contributed by atoms with E-state index in [1.54, 1.807) is 6.08 Å². The van der Waals surface area contributed by atoms with Gasteiger partial charge < -0.3 is 33.7 Å². The number of rotatable bonds is 7. The highest BCUT2D eigenvalue weighted by Crippen LogP contribution is 2.55. The molecule has 0 bridgehead atoms. The summed E-state index contributed by atoms with van der Waals surface area (Å²) in [6.45, 7) is 11.7. The van der Waals surface area contributed by atoms with Crippen LogP contribution in [0.2, 0.25) is 0 Å². The van der Waals surface area contributed by atoms with E-state index in [4.69, 9.17) is 28.4 Å². The second-order valence-corrected chi connectivity index (χ2v) is 9.02. The van der Waals surface area contributed by atoms with Crippen molar-refractivity contribution in [3.63, 3.8) is 0 Å². The van der Waals surface area contributed by atoms with Gasteiger partial charge in [-0.3, -0.25) is 0 Å². The molecule has 0 aliphatic carbocycles. The standard InChI is InChI=1S/C26H31NO6/c1-5-11-29-22-16(2)23-25(31-15-30-23)20-18(13-28-12-17-9-7-6-8-10-17)27-19-14-32-26(3,4)33-24(19)21(20)22/h5-10,18-19,24,27H,1,11-15H2,2-4H3/t18-,19+,24+/m0/s1. The van der Waals surface area contributed by atoms with Crippen LogP contribution in [-0.4, -0.2) is 38.4 Å². The van der Waals surface area contributed by atoms with Gasteiger partial charge in [0.1, 0.15) is 18.5 Å². The Labute approximate surface area is 194 Å². The quantitative estimate of drug-likeness (QED) is 0.626. The van der Waals surface area contributed by atoms with Gasteiger partial charge in [0.15, 0.2) is 17.3 Å². The second kappa shape index (κ2) is 8.99. The summed E-state index contributed by atoms with van der Waals surface area (Å²) in [6.07, 6.45) is 1.48. The van der Waals surface area contributed by atoms with Crippen LogP contribution < -0.4 is 19.5 Å². The van der Waals surface area contributed by atoms with Crippen molar-refractivity contribution in [1.82, 2.24) is 5.32 Å². The van der Waals surface area contributed by atoms with Crippen LogP contribution in [0.1, 0.15) is 48.2 Å². The third-order valence-electron chi connectivity index (χ3n) is 6.25. The first-order chi connectivity index (χ1) is 16.0. The fourth-order valence-electron chi connectivity index (χ4n) is 4.80. The number of fused-ring (bicyclic) bond motifs is 5. The molecule has 3 atom stereocenters. The van der Waals surface area contributed by atoms with Gasteiger partial charge in [-0.25, -0.2) is 0 Å². The molecule has 0 aromatic heterocycles. The molecule has 3 aliphatic rings. The molecule has 7 nitrogen and oxygen atoms in total. The molecule has 5 rings (SSSR count). The average Bonchev–Trinajstić information content (AvgIpc) is 3.29. The molecular formula is C26H31NO6. The molecule has 0 radical (unpaired) electrons. The molecule has 1 saturated heterocycles. The van der Waals surface area contributed by atoms with Gasteiger partial charge in [0.2, 0.25) is 6.79 Å². The van der Waals surface area contributed by atoms with Crippen LogP contribution in [0, 0.1) is 6.92 Å². The van der Waals surface area contributed by atoms with E-state index in [0.717, 1.165) is 33.8 Å². The van der Waals surface area contributed by atoms with Gasteiger partial charge in [-0.15, -0.1) is 0 Å². The van der Waals surface area contributed by atoms with Crippen LogP contribution in [0.15, 0.2) is 43.0 Å². The summed E-state index contributed by atoms with van der Waals surface area (Å²) < 4.78 is 36.6.